The van der Waals surface area contributed by atoms with Crippen LogP contribution in [0.1, 0.15) is 57.4 Å². The van der Waals surface area contributed by atoms with Crippen molar-refractivity contribution < 1.29 is 0 Å². The van der Waals surface area contributed by atoms with Crippen molar-refractivity contribution in [3.63, 3.8) is 0 Å². The van der Waals surface area contributed by atoms with E-state index in [2.05, 4.69) is 59.4 Å². The molecule has 1 aromatic rings. The summed E-state index contributed by atoms with van der Waals surface area (Å²) in [5.74, 6) is 2.31. The molecule has 1 aromatic carbocycles. The van der Waals surface area contributed by atoms with Crippen molar-refractivity contribution in [1.29, 1.82) is 0 Å². The van der Waals surface area contributed by atoms with Gasteiger partial charge in [-0.2, -0.15) is 0 Å². The molecule has 0 amide bonds. The Labute approximate surface area is 132 Å². The first-order chi connectivity index (χ1) is 9.66. The first-order valence-corrected chi connectivity index (χ1v) is 8.91. The second-order valence-corrected chi connectivity index (χ2v) is 7.51. The maximum atomic E-state index is 3.74. The molecule has 0 spiro atoms. The number of halogens is 1. The van der Waals surface area contributed by atoms with Crippen molar-refractivity contribution in [1.82, 2.24) is 5.32 Å². The Balaban J connectivity index is 2.00. The van der Waals surface area contributed by atoms with Crippen molar-refractivity contribution in [2.75, 3.05) is 13.1 Å². The molecule has 0 bridgehead atoms. The predicted octanol–water partition coefficient (Wildman–Crippen LogP) is 5.36. The first-order valence-electron chi connectivity index (χ1n) is 8.12. The first kappa shape index (κ1) is 16.0. The minimum absolute atomic E-state index is 0.646. The van der Waals surface area contributed by atoms with Gasteiger partial charge in [-0.15, -0.1) is 0 Å². The molecule has 0 radical (unpaired) electrons. The molecule has 1 saturated carbocycles. The van der Waals surface area contributed by atoms with E-state index in [0.29, 0.717) is 5.92 Å². The van der Waals surface area contributed by atoms with E-state index in [0.717, 1.165) is 24.9 Å². The van der Waals surface area contributed by atoms with Gasteiger partial charge in [-0.3, -0.25) is 0 Å². The van der Waals surface area contributed by atoms with Crippen molar-refractivity contribution in [3.05, 3.63) is 34.3 Å². The summed E-state index contributed by atoms with van der Waals surface area (Å²) in [5.41, 5.74) is 1.48. The minimum atomic E-state index is 0.646. The van der Waals surface area contributed by atoms with Crippen LogP contribution in [0, 0.1) is 11.8 Å². The highest BCUT2D eigenvalue weighted by molar-refractivity contribution is 9.10. The van der Waals surface area contributed by atoms with Crippen LogP contribution in [0.5, 0.6) is 0 Å². The average Bonchev–Trinajstić information content (AvgIpc) is 2.91. The molecule has 1 fully saturated rings. The van der Waals surface area contributed by atoms with E-state index in [1.54, 1.807) is 0 Å². The van der Waals surface area contributed by atoms with Gasteiger partial charge in [0.05, 0.1) is 0 Å². The standard InChI is InChI=1S/C18H28BrN/c1-14(2)12-20-13-16(11-15-7-3-4-8-15)17-9-5-6-10-18(17)19/h5-6,9-10,14-16,20H,3-4,7-8,11-13H2,1-2H3. The van der Waals surface area contributed by atoms with E-state index in [-0.39, 0.29) is 0 Å². The molecule has 1 atom stereocenters. The summed E-state index contributed by atoms with van der Waals surface area (Å²) in [6.45, 7) is 6.78. The zero-order chi connectivity index (χ0) is 14.4. The third-order valence-electron chi connectivity index (χ3n) is 4.38. The second-order valence-electron chi connectivity index (χ2n) is 6.66. The van der Waals surface area contributed by atoms with Gasteiger partial charge < -0.3 is 5.32 Å². The van der Waals surface area contributed by atoms with Gasteiger partial charge in [-0.25, -0.2) is 0 Å². The van der Waals surface area contributed by atoms with Crippen LogP contribution in [-0.4, -0.2) is 13.1 Å². The topological polar surface area (TPSA) is 12.0 Å². The molecule has 1 aliphatic carbocycles. The molecule has 1 aliphatic rings. The van der Waals surface area contributed by atoms with Gasteiger partial charge >= 0.3 is 0 Å². The molecule has 1 nitrogen and oxygen atoms in total. The highest BCUT2D eigenvalue weighted by Crippen LogP contribution is 2.36. The predicted molar refractivity (Wildman–Crippen MR) is 91.2 cm³/mol. The summed E-state index contributed by atoms with van der Waals surface area (Å²) in [6.07, 6.45) is 7.09. The van der Waals surface area contributed by atoms with Gasteiger partial charge in [0.1, 0.15) is 0 Å². The third kappa shape index (κ3) is 4.89. The summed E-state index contributed by atoms with van der Waals surface area (Å²) in [6, 6.07) is 8.76. The number of rotatable bonds is 7. The molecule has 20 heavy (non-hydrogen) atoms. The van der Waals surface area contributed by atoms with Crippen LogP contribution in [0.3, 0.4) is 0 Å². The highest BCUT2D eigenvalue weighted by atomic mass is 79.9. The number of nitrogens with one attached hydrogen (secondary N) is 1. The number of hydrogen-bond donors (Lipinski definition) is 1. The van der Waals surface area contributed by atoms with Crippen molar-refractivity contribution in [2.45, 2.75) is 51.9 Å². The highest BCUT2D eigenvalue weighted by Gasteiger charge is 2.22. The van der Waals surface area contributed by atoms with Gasteiger partial charge in [-0.1, -0.05) is 73.7 Å². The monoisotopic (exact) mass is 337 g/mol. The molecule has 0 heterocycles. The lowest BCUT2D eigenvalue weighted by molar-refractivity contribution is 0.417. The fraction of sp³-hybridized carbons (Fsp3) is 0.667. The van der Waals surface area contributed by atoms with E-state index in [1.807, 2.05) is 0 Å². The summed E-state index contributed by atoms with van der Waals surface area (Å²) in [5, 5.41) is 3.66. The molecule has 0 saturated heterocycles. The van der Waals surface area contributed by atoms with Crippen LogP contribution >= 0.6 is 15.9 Å². The Morgan fingerprint density at radius 1 is 1.15 bits per heavy atom. The van der Waals surface area contributed by atoms with E-state index in [4.69, 9.17) is 0 Å². The summed E-state index contributed by atoms with van der Waals surface area (Å²) < 4.78 is 1.27. The SMILES string of the molecule is CC(C)CNCC(CC1CCCC1)c1ccccc1Br. The van der Waals surface area contributed by atoms with Gasteiger partial charge in [0.15, 0.2) is 0 Å². The van der Waals surface area contributed by atoms with Crippen molar-refractivity contribution in [2.24, 2.45) is 11.8 Å². The molecule has 0 aliphatic heterocycles. The van der Waals surface area contributed by atoms with Crippen LogP contribution < -0.4 is 5.32 Å². The maximum absolute atomic E-state index is 3.74. The second kappa shape index (κ2) is 8.19. The average molecular weight is 338 g/mol. The summed E-state index contributed by atoms with van der Waals surface area (Å²) >= 11 is 3.74. The molecule has 0 aromatic heterocycles. The molecular weight excluding hydrogens is 310 g/mol. The minimum Gasteiger partial charge on any atom is -0.316 e. The Kier molecular flexibility index (Phi) is 6.57. The van der Waals surface area contributed by atoms with E-state index in [9.17, 15) is 0 Å². The lowest BCUT2D eigenvalue weighted by Crippen LogP contribution is -2.26. The molecule has 2 rings (SSSR count). The van der Waals surface area contributed by atoms with Crippen LogP contribution in [0.25, 0.3) is 0 Å². The Morgan fingerprint density at radius 2 is 1.85 bits per heavy atom. The normalized spacial score (nSPS) is 17.8. The smallest absolute Gasteiger partial charge is 0.0210 e. The summed E-state index contributed by atoms with van der Waals surface area (Å²) in [7, 11) is 0. The zero-order valence-corrected chi connectivity index (χ0v) is 14.5. The Bertz CT molecular complexity index is 396. The lowest BCUT2D eigenvalue weighted by Gasteiger charge is -2.23. The van der Waals surface area contributed by atoms with Crippen LogP contribution in [-0.2, 0) is 0 Å². The third-order valence-corrected chi connectivity index (χ3v) is 5.10. The van der Waals surface area contributed by atoms with E-state index in [1.165, 1.54) is 42.1 Å². The number of benzene rings is 1. The summed E-state index contributed by atoms with van der Waals surface area (Å²) in [4.78, 5) is 0. The van der Waals surface area contributed by atoms with E-state index >= 15 is 0 Å². The van der Waals surface area contributed by atoms with Crippen molar-refractivity contribution in [3.8, 4) is 0 Å². The Hall–Kier alpha value is -0.340. The largest absolute Gasteiger partial charge is 0.316 e. The van der Waals surface area contributed by atoms with Gasteiger partial charge in [-0.05, 0) is 42.3 Å². The quantitative estimate of drug-likeness (QED) is 0.706. The molecule has 1 unspecified atom stereocenters. The molecular formula is C18H28BrN. The van der Waals surface area contributed by atoms with Gasteiger partial charge in [0.2, 0.25) is 0 Å². The fourth-order valence-electron chi connectivity index (χ4n) is 3.32. The van der Waals surface area contributed by atoms with Crippen LogP contribution in [0.4, 0.5) is 0 Å². The zero-order valence-electron chi connectivity index (χ0n) is 12.9. The molecule has 2 heteroatoms. The van der Waals surface area contributed by atoms with Crippen LogP contribution in [0.2, 0.25) is 0 Å². The number of hydrogen-bond acceptors (Lipinski definition) is 1. The van der Waals surface area contributed by atoms with Gasteiger partial charge in [0.25, 0.3) is 0 Å². The van der Waals surface area contributed by atoms with Gasteiger partial charge in [0, 0.05) is 11.0 Å². The molecule has 1 N–H and O–H groups in total. The fourth-order valence-corrected chi connectivity index (χ4v) is 3.93. The van der Waals surface area contributed by atoms with E-state index < -0.39 is 0 Å². The van der Waals surface area contributed by atoms with Crippen LogP contribution in [0.15, 0.2) is 28.7 Å². The lowest BCUT2D eigenvalue weighted by atomic mass is 9.87. The van der Waals surface area contributed by atoms with Crippen molar-refractivity contribution >= 4 is 15.9 Å². The maximum Gasteiger partial charge on any atom is 0.0210 e. The molecule has 112 valence electrons. The Morgan fingerprint density at radius 3 is 2.50 bits per heavy atom.